The average molecular weight is 293 g/mol. The second-order valence-corrected chi connectivity index (χ2v) is 4.68. The Bertz CT molecular complexity index is 745. The van der Waals surface area contributed by atoms with Gasteiger partial charge >= 0.3 is 0 Å². The van der Waals surface area contributed by atoms with Crippen LogP contribution in [0.15, 0.2) is 62.0 Å². The van der Waals surface area contributed by atoms with Crippen molar-refractivity contribution in [1.29, 1.82) is 0 Å². The highest BCUT2D eigenvalue weighted by Crippen LogP contribution is 2.40. The van der Waals surface area contributed by atoms with E-state index in [4.69, 9.17) is 4.84 Å². The van der Waals surface area contributed by atoms with Crippen LogP contribution >= 0.6 is 0 Å². The number of hydrogen-bond donors (Lipinski definition) is 0. The van der Waals surface area contributed by atoms with Gasteiger partial charge < -0.3 is 4.84 Å². The van der Waals surface area contributed by atoms with Crippen molar-refractivity contribution in [3.8, 4) is 11.1 Å². The molecule has 0 radical (unpaired) electrons. The van der Waals surface area contributed by atoms with E-state index in [1.807, 2.05) is 36.4 Å². The molecule has 110 valence electrons. The predicted molar refractivity (Wildman–Crippen MR) is 85.4 cm³/mol. The predicted octanol–water partition coefficient (Wildman–Crippen LogP) is 4.49. The van der Waals surface area contributed by atoms with Crippen LogP contribution < -0.4 is 0 Å². The molecule has 0 saturated heterocycles. The lowest BCUT2D eigenvalue weighted by atomic mass is 10.1. The van der Waals surface area contributed by atoms with E-state index >= 15 is 0 Å². The number of fused-ring (bicyclic) bond motifs is 3. The van der Waals surface area contributed by atoms with Crippen LogP contribution in [0.3, 0.4) is 0 Å². The maximum atomic E-state index is 5.02. The molecule has 0 atom stereocenters. The second kappa shape index (κ2) is 5.85. The summed E-state index contributed by atoms with van der Waals surface area (Å²) in [6.45, 7) is 0. The smallest absolute Gasteiger partial charge is 0.118 e. The molecule has 0 spiro atoms. The molecule has 0 amide bonds. The molecule has 0 aliphatic heterocycles. The van der Waals surface area contributed by atoms with E-state index in [0.29, 0.717) is 0 Å². The van der Waals surface area contributed by atoms with Crippen LogP contribution in [-0.2, 0) is 4.84 Å². The molecule has 0 saturated carbocycles. The van der Waals surface area contributed by atoms with Crippen LogP contribution in [0.5, 0.6) is 0 Å². The summed E-state index contributed by atoms with van der Waals surface area (Å²) in [6.07, 6.45) is 0. The van der Waals surface area contributed by atoms with E-state index in [2.05, 4.69) is 25.6 Å². The molecular formula is C16H15N5O. The fourth-order valence-electron chi connectivity index (χ4n) is 2.62. The molecule has 6 heteroatoms. The van der Waals surface area contributed by atoms with Crippen molar-refractivity contribution in [2.75, 3.05) is 21.2 Å². The molecule has 2 aromatic rings. The van der Waals surface area contributed by atoms with Gasteiger partial charge in [-0.3, -0.25) is 0 Å². The van der Waals surface area contributed by atoms with Gasteiger partial charge in [-0.1, -0.05) is 17.3 Å². The Kier molecular flexibility index (Phi) is 3.74. The molecular weight excluding hydrogens is 278 g/mol. The first-order valence-corrected chi connectivity index (χ1v) is 6.78. The van der Waals surface area contributed by atoms with E-state index in [1.165, 1.54) is 7.11 Å². The molecule has 22 heavy (non-hydrogen) atoms. The van der Waals surface area contributed by atoms with E-state index in [9.17, 15) is 0 Å². The van der Waals surface area contributed by atoms with Gasteiger partial charge in [0.05, 0.1) is 11.4 Å². The van der Waals surface area contributed by atoms with Crippen molar-refractivity contribution >= 4 is 17.1 Å². The zero-order valence-electron chi connectivity index (χ0n) is 12.6. The van der Waals surface area contributed by atoms with Crippen molar-refractivity contribution in [3.63, 3.8) is 0 Å². The summed E-state index contributed by atoms with van der Waals surface area (Å²) in [5.41, 5.74) is 6.49. The fourth-order valence-corrected chi connectivity index (χ4v) is 2.62. The van der Waals surface area contributed by atoms with Gasteiger partial charge in [0, 0.05) is 25.2 Å². The van der Waals surface area contributed by atoms with Gasteiger partial charge in [0.1, 0.15) is 12.8 Å². The topological polar surface area (TPSA) is 71.0 Å². The number of nitrogens with zero attached hydrogens (tertiary/aromatic N) is 5. The Hall–Kier alpha value is -2.89. The quantitative estimate of drug-likeness (QED) is 0.518. The summed E-state index contributed by atoms with van der Waals surface area (Å²) < 4.78 is 0. The standard InChI is InChI=1S/C16H15N5O/c1-17-19-10-4-6-12-13-7-5-11(20-18-2)9-15(13)16(21-22-3)14(12)8-10/h4-9H,1-3H3. The third-order valence-electron chi connectivity index (χ3n) is 3.42. The molecule has 0 aromatic heterocycles. The third kappa shape index (κ3) is 2.28. The average Bonchev–Trinajstić information content (AvgIpc) is 2.82. The summed E-state index contributed by atoms with van der Waals surface area (Å²) in [4.78, 5) is 5.02. The van der Waals surface area contributed by atoms with Crippen molar-refractivity contribution < 1.29 is 4.84 Å². The Morgan fingerprint density at radius 2 is 1.23 bits per heavy atom. The summed E-state index contributed by atoms with van der Waals surface area (Å²) in [5, 5.41) is 20.0. The highest BCUT2D eigenvalue weighted by atomic mass is 16.6. The van der Waals surface area contributed by atoms with Crippen LogP contribution in [0, 0.1) is 0 Å². The molecule has 3 rings (SSSR count). The minimum Gasteiger partial charge on any atom is -0.399 e. The van der Waals surface area contributed by atoms with Gasteiger partial charge in [-0.25, -0.2) is 0 Å². The maximum absolute atomic E-state index is 5.02. The molecule has 2 aromatic carbocycles. The van der Waals surface area contributed by atoms with Gasteiger partial charge in [0.2, 0.25) is 0 Å². The molecule has 6 nitrogen and oxygen atoms in total. The molecule has 0 bridgehead atoms. The Morgan fingerprint density at radius 3 is 1.64 bits per heavy atom. The Labute approximate surface area is 128 Å². The Morgan fingerprint density at radius 1 is 0.727 bits per heavy atom. The summed E-state index contributed by atoms with van der Waals surface area (Å²) in [5.74, 6) is 0. The van der Waals surface area contributed by atoms with Gasteiger partial charge in [0.15, 0.2) is 0 Å². The molecule has 0 fully saturated rings. The minimum absolute atomic E-state index is 0.772. The van der Waals surface area contributed by atoms with Crippen LogP contribution in [-0.4, -0.2) is 26.9 Å². The van der Waals surface area contributed by atoms with Gasteiger partial charge in [-0.15, -0.1) is 0 Å². The van der Waals surface area contributed by atoms with Crippen LogP contribution in [0.4, 0.5) is 11.4 Å². The lowest BCUT2D eigenvalue weighted by Gasteiger charge is -2.01. The summed E-state index contributed by atoms with van der Waals surface area (Å²) in [6, 6.07) is 11.8. The van der Waals surface area contributed by atoms with Gasteiger partial charge in [0.25, 0.3) is 0 Å². The van der Waals surface area contributed by atoms with Crippen molar-refractivity contribution in [3.05, 3.63) is 47.5 Å². The van der Waals surface area contributed by atoms with Crippen LogP contribution in [0.2, 0.25) is 0 Å². The van der Waals surface area contributed by atoms with E-state index in [0.717, 1.165) is 39.3 Å². The molecule has 0 unspecified atom stereocenters. The number of benzene rings is 2. The van der Waals surface area contributed by atoms with Crippen molar-refractivity contribution in [1.82, 2.24) is 0 Å². The van der Waals surface area contributed by atoms with Crippen molar-refractivity contribution in [2.24, 2.45) is 25.6 Å². The first-order chi connectivity index (χ1) is 10.8. The summed E-state index contributed by atoms with van der Waals surface area (Å²) >= 11 is 0. The highest BCUT2D eigenvalue weighted by molar-refractivity contribution is 6.24. The Balaban J connectivity index is 2.21. The lowest BCUT2D eigenvalue weighted by Crippen LogP contribution is -1.98. The first kappa shape index (κ1) is 14.1. The number of oxime groups is 1. The monoisotopic (exact) mass is 293 g/mol. The largest absolute Gasteiger partial charge is 0.399 e. The summed E-state index contributed by atoms with van der Waals surface area (Å²) in [7, 11) is 4.83. The maximum Gasteiger partial charge on any atom is 0.118 e. The van der Waals surface area contributed by atoms with Crippen LogP contribution in [0.25, 0.3) is 11.1 Å². The van der Waals surface area contributed by atoms with E-state index in [1.54, 1.807) is 14.1 Å². The SMILES string of the molecule is CN=Nc1ccc2c(c1)C(=NOC)c1cc(N=NC)ccc1-2. The van der Waals surface area contributed by atoms with Gasteiger partial charge in [-0.2, -0.15) is 20.5 Å². The molecule has 0 N–H and O–H groups in total. The molecule has 1 aliphatic rings. The van der Waals surface area contributed by atoms with E-state index < -0.39 is 0 Å². The number of hydrogen-bond acceptors (Lipinski definition) is 6. The lowest BCUT2D eigenvalue weighted by molar-refractivity contribution is 0.214. The normalized spacial score (nSPS) is 12.8. The van der Waals surface area contributed by atoms with Crippen molar-refractivity contribution in [2.45, 2.75) is 0 Å². The zero-order valence-corrected chi connectivity index (χ0v) is 12.6. The molecule has 1 aliphatic carbocycles. The number of azo groups is 2. The van der Waals surface area contributed by atoms with E-state index in [-0.39, 0.29) is 0 Å². The van der Waals surface area contributed by atoms with Crippen LogP contribution in [0.1, 0.15) is 11.1 Å². The third-order valence-corrected chi connectivity index (χ3v) is 3.42. The first-order valence-electron chi connectivity index (χ1n) is 6.78. The zero-order chi connectivity index (χ0) is 15.5. The second-order valence-electron chi connectivity index (χ2n) is 4.68. The minimum atomic E-state index is 0.772. The highest BCUT2D eigenvalue weighted by Gasteiger charge is 2.26. The molecule has 0 heterocycles. The fraction of sp³-hybridized carbons (Fsp3) is 0.188. The van der Waals surface area contributed by atoms with Gasteiger partial charge in [-0.05, 0) is 35.4 Å². The number of rotatable bonds is 3.